The van der Waals surface area contributed by atoms with Gasteiger partial charge in [0, 0.05) is 12.8 Å². The summed E-state index contributed by atoms with van der Waals surface area (Å²) in [6.07, 6.45) is -3.37. The summed E-state index contributed by atoms with van der Waals surface area (Å²) < 4.78 is 5.20. The van der Waals surface area contributed by atoms with E-state index in [1.807, 2.05) is 0 Å². The monoisotopic (exact) mass is 346 g/mol. The number of carboxylic acid groups (broad SMARTS) is 1. The van der Waals surface area contributed by atoms with Gasteiger partial charge in [-0.1, -0.05) is 0 Å². The first-order chi connectivity index (χ1) is 11.2. The molecule has 0 saturated carbocycles. The molecule has 0 aromatic heterocycles. The molecule has 0 bridgehead atoms. The molecule has 9 N–H and O–H groups in total. The van der Waals surface area contributed by atoms with Crippen LogP contribution in [0.2, 0.25) is 0 Å². The molecule has 0 saturated heterocycles. The maximum absolute atomic E-state index is 11.4. The van der Waals surface area contributed by atoms with E-state index in [1.165, 1.54) is 13.0 Å². The second kappa shape index (κ2) is 8.47. The van der Waals surface area contributed by atoms with Gasteiger partial charge in [0.25, 0.3) is 0 Å². The minimum absolute atomic E-state index is 0.0775. The third-order valence-corrected chi connectivity index (χ3v) is 3.43. The van der Waals surface area contributed by atoms with E-state index in [4.69, 9.17) is 26.4 Å². The van der Waals surface area contributed by atoms with Crippen molar-refractivity contribution in [3.8, 4) is 0 Å². The zero-order chi connectivity index (χ0) is 18.4. The molecule has 0 spiro atoms. The van der Waals surface area contributed by atoms with Crippen molar-refractivity contribution in [2.24, 2.45) is 22.4 Å². The number of nitrogens with zero attached hydrogens (tertiary/aromatic N) is 1. The van der Waals surface area contributed by atoms with Crippen LogP contribution < -0.4 is 16.8 Å². The molecule has 5 atom stereocenters. The van der Waals surface area contributed by atoms with E-state index >= 15 is 0 Å². The maximum Gasteiger partial charge on any atom is 0.370 e. The van der Waals surface area contributed by atoms with E-state index in [0.29, 0.717) is 0 Å². The number of guanidine groups is 1. The average Bonchev–Trinajstić information content (AvgIpc) is 2.51. The summed E-state index contributed by atoms with van der Waals surface area (Å²) in [5, 5.41) is 40.4. The van der Waals surface area contributed by atoms with Crippen molar-refractivity contribution >= 4 is 17.8 Å². The van der Waals surface area contributed by atoms with Crippen molar-refractivity contribution in [2.75, 3.05) is 13.2 Å². The number of nitrogens with one attached hydrogen (secondary N) is 1. The Morgan fingerprint density at radius 3 is 2.50 bits per heavy atom. The lowest BCUT2D eigenvalue weighted by molar-refractivity contribution is -0.147. The van der Waals surface area contributed by atoms with Gasteiger partial charge in [0.15, 0.2) is 5.96 Å². The molecule has 1 aliphatic rings. The fraction of sp³-hybridized carbons (Fsp3) is 0.615. The topological polar surface area (TPSA) is 201 Å². The van der Waals surface area contributed by atoms with Crippen LogP contribution in [-0.2, 0) is 14.3 Å². The highest BCUT2D eigenvalue weighted by molar-refractivity contribution is 5.84. The summed E-state index contributed by atoms with van der Waals surface area (Å²) >= 11 is 0. The molecule has 5 unspecified atom stereocenters. The summed E-state index contributed by atoms with van der Waals surface area (Å²) in [5.41, 5.74) is 10.5. The van der Waals surface area contributed by atoms with Crippen LogP contribution in [0.1, 0.15) is 6.92 Å². The smallest absolute Gasteiger partial charge is 0.370 e. The molecule has 11 heteroatoms. The first-order valence-electron chi connectivity index (χ1n) is 7.08. The van der Waals surface area contributed by atoms with Crippen LogP contribution in [0.15, 0.2) is 16.8 Å². The highest BCUT2D eigenvalue weighted by Gasteiger charge is 2.43. The molecule has 0 fully saturated rings. The highest BCUT2D eigenvalue weighted by Crippen LogP contribution is 2.27. The van der Waals surface area contributed by atoms with Crippen LogP contribution in [0.25, 0.3) is 0 Å². The first-order valence-corrected chi connectivity index (χ1v) is 7.08. The lowest BCUT2D eigenvalue weighted by Crippen LogP contribution is -2.58. The number of aliphatic carboxylic acids is 1. The van der Waals surface area contributed by atoms with Gasteiger partial charge < -0.3 is 41.9 Å². The molecule has 0 aliphatic carbocycles. The number of aliphatic hydroxyl groups excluding tert-OH is 3. The van der Waals surface area contributed by atoms with Gasteiger partial charge in [-0.25, -0.2) is 4.79 Å². The number of ether oxygens (including phenoxy) is 1. The molecule has 1 amide bonds. The number of hydrogen-bond donors (Lipinski definition) is 7. The van der Waals surface area contributed by atoms with Gasteiger partial charge in [-0.3, -0.25) is 9.79 Å². The van der Waals surface area contributed by atoms with Crippen molar-refractivity contribution in [2.45, 2.75) is 31.3 Å². The van der Waals surface area contributed by atoms with Gasteiger partial charge in [0.1, 0.15) is 18.3 Å². The molecule has 11 nitrogen and oxygen atoms in total. The summed E-state index contributed by atoms with van der Waals surface area (Å²) in [7, 11) is 0. The molecule has 1 heterocycles. The number of amides is 1. The Morgan fingerprint density at radius 1 is 1.42 bits per heavy atom. The fourth-order valence-electron chi connectivity index (χ4n) is 2.33. The van der Waals surface area contributed by atoms with E-state index in [1.54, 1.807) is 0 Å². The van der Waals surface area contributed by atoms with E-state index in [-0.39, 0.29) is 12.5 Å². The predicted octanol–water partition coefficient (Wildman–Crippen LogP) is -3.54. The Balaban J connectivity index is 3.23. The number of aliphatic hydroxyl groups is 3. The molecular formula is C13H22N4O7. The van der Waals surface area contributed by atoms with Gasteiger partial charge >= 0.3 is 5.97 Å². The maximum atomic E-state index is 11.4. The van der Waals surface area contributed by atoms with Crippen LogP contribution in [-0.4, -0.2) is 75.8 Å². The number of carbonyl (C=O) groups excluding carboxylic acids is 1. The molecule has 0 radical (unpaired) electrons. The fourth-order valence-corrected chi connectivity index (χ4v) is 2.33. The van der Waals surface area contributed by atoms with Crippen LogP contribution in [0, 0.1) is 5.92 Å². The Kier molecular flexibility index (Phi) is 6.95. The molecular weight excluding hydrogens is 324 g/mol. The van der Waals surface area contributed by atoms with Gasteiger partial charge in [-0.15, -0.1) is 0 Å². The Bertz CT molecular complexity index is 532. The summed E-state index contributed by atoms with van der Waals surface area (Å²) in [5.74, 6) is -3.31. The van der Waals surface area contributed by atoms with Gasteiger partial charge in [0.05, 0.1) is 19.2 Å². The molecule has 24 heavy (non-hydrogen) atoms. The third-order valence-electron chi connectivity index (χ3n) is 3.43. The average molecular weight is 346 g/mol. The van der Waals surface area contributed by atoms with Gasteiger partial charge in [-0.2, -0.15) is 0 Å². The van der Waals surface area contributed by atoms with Crippen molar-refractivity contribution in [1.29, 1.82) is 0 Å². The van der Waals surface area contributed by atoms with Crippen molar-refractivity contribution in [3.63, 3.8) is 0 Å². The van der Waals surface area contributed by atoms with Crippen molar-refractivity contribution in [3.05, 3.63) is 11.8 Å². The SMILES string of the molecule is CC(=O)NC1C(CN=C(N)N)C=C(C(=O)O)OC1C(O)C(O)CO. The summed E-state index contributed by atoms with van der Waals surface area (Å²) in [6, 6.07) is -0.926. The summed E-state index contributed by atoms with van der Waals surface area (Å²) in [4.78, 5) is 26.4. The standard InChI is InChI=1S/C13H22N4O7/c1-5(19)17-9-6(3-16-13(14)15)2-8(12(22)23)24-11(9)10(21)7(20)4-18/h2,6-7,9-11,18,20-21H,3-4H2,1H3,(H,17,19)(H,22,23)(H4,14,15,16). The van der Waals surface area contributed by atoms with Crippen LogP contribution >= 0.6 is 0 Å². The zero-order valence-electron chi connectivity index (χ0n) is 13.0. The van der Waals surface area contributed by atoms with E-state index in [9.17, 15) is 19.8 Å². The quantitative estimate of drug-likeness (QED) is 0.180. The van der Waals surface area contributed by atoms with Crippen LogP contribution in [0.3, 0.4) is 0 Å². The number of carbonyl (C=O) groups is 2. The number of hydrogen-bond acceptors (Lipinski definition) is 7. The second-order valence-corrected chi connectivity index (χ2v) is 5.31. The molecule has 136 valence electrons. The lowest BCUT2D eigenvalue weighted by Gasteiger charge is -2.39. The highest BCUT2D eigenvalue weighted by atomic mass is 16.5. The largest absolute Gasteiger partial charge is 0.478 e. The Morgan fingerprint density at radius 2 is 2.04 bits per heavy atom. The minimum Gasteiger partial charge on any atom is -0.478 e. The van der Waals surface area contributed by atoms with E-state index < -0.39 is 54.5 Å². The zero-order valence-corrected chi connectivity index (χ0v) is 13.0. The Labute approximate surface area is 137 Å². The van der Waals surface area contributed by atoms with E-state index in [2.05, 4.69) is 10.3 Å². The van der Waals surface area contributed by atoms with Gasteiger partial charge in [0.2, 0.25) is 11.7 Å². The Hall–Kier alpha value is -2.37. The van der Waals surface area contributed by atoms with Crippen LogP contribution in [0.4, 0.5) is 0 Å². The summed E-state index contributed by atoms with van der Waals surface area (Å²) in [6.45, 7) is 0.365. The molecule has 0 aromatic rings. The predicted molar refractivity (Wildman–Crippen MR) is 81.5 cm³/mol. The molecule has 1 aliphatic heterocycles. The lowest BCUT2D eigenvalue weighted by atomic mass is 9.87. The number of nitrogens with two attached hydrogens (primary N) is 2. The van der Waals surface area contributed by atoms with Crippen LogP contribution in [0.5, 0.6) is 0 Å². The number of aliphatic imine (C=N–C) groups is 1. The second-order valence-electron chi connectivity index (χ2n) is 5.31. The van der Waals surface area contributed by atoms with E-state index in [0.717, 1.165) is 0 Å². The first kappa shape index (κ1) is 19.7. The molecule has 0 aromatic carbocycles. The number of carboxylic acids is 1. The molecule has 1 rings (SSSR count). The normalized spacial score (nSPS) is 25.7. The third kappa shape index (κ3) is 5.08. The van der Waals surface area contributed by atoms with Crippen molar-refractivity contribution in [1.82, 2.24) is 5.32 Å². The minimum atomic E-state index is -1.66. The van der Waals surface area contributed by atoms with Crippen molar-refractivity contribution < 1.29 is 34.8 Å². The van der Waals surface area contributed by atoms with Gasteiger partial charge in [-0.05, 0) is 6.08 Å². The number of rotatable bonds is 7.